The van der Waals surface area contributed by atoms with Gasteiger partial charge in [0.25, 0.3) is 0 Å². The average Bonchev–Trinajstić information content (AvgIpc) is 2.70. The van der Waals surface area contributed by atoms with Crippen molar-refractivity contribution >= 4 is 15.9 Å². The van der Waals surface area contributed by atoms with Gasteiger partial charge in [0.1, 0.15) is 22.5 Å². The molecular formula is C13H12BrFN2O. The summed E-state index contributed by atoms with van der Waals surface area (Å²) < 4.78 is 15.5. The predicted molar refractivity (Wildman–Crippen MR) is 69.5 cm³/mol. The molecule has 5 heteroatoms. The van der Waals surface area contributed by atoms with Crippen LogP contribution in [0.4, 0.5) is 4.39 Å². The van der Waals surface area contributed by atoms with Gasteiger partial charge in [-0.05, 0) is 59.5 Å². The first-order valence-corrected chi connectivity index (χ1v) is 6.66. The summed E-state index contributed by atoms with van der Waals surface area (Å²) in [6.07, 6.45) is 2.03. The van der Waals surface area contributed by atoms with Crippen LogP contribution in [-0.2, 0) is 6.42 Å². The molecule has 0 amide bonds. The molecule has 0 fully saturated rings. The number of benzene rings is 1. The van der Waals surface area contributed by atoms with Crippen molar-refractivity contribution in [3.8, 4) is 11.4 Å². The highest BCUT2D eigenvalue weighted by Crippen LogP contribution is 2.34. The van der Waals surface area contributed by atoms with E-state index in [4.69, 9.17) is 0 Å². The quantitative estimate of drug-likeness (QED) is 0.878. The van der Waals surface area contributed by atoms with Crippen LogP contribution in [-0.4, -0.2) is 14.7 Å². The zero-order chi connectivity index (χ0) is 12.7. The van der Waals surface area contributed by atoms with E-state index < -0.39 is 6.23 Å². The van der Waals surface area contributed by atoms with Crippen molar-refractivity contribution in [3.05, 3.63) is 40.4 Å². The van der Waals surface area contributed by atoms with Gasteiger partial charge in [-0.1, -0.05) is 0 Å². The Morgan fingerprint density at radius 3 is 2.78 bits per heavy atom. The number of hydrogen-bond acceptors (Lipinski definition) is 2. The SMILES string of the molecule is OC1CCCc2c(Br)nc(-c3ccc(F)cc3)n21. The molecule has 18 heavy (non-hydrogen) atoms. The molecule has 0 saturated carbocycles. The van der Waals surface area contributed by atoms with Crippen LogP contribution in [0, 0.1) is 5.82 Å². The van der Waals surface area contributed by atoms with E-state index in [-0.39, 0.29) is 5.82 Å². The van der Waals surface area contributed by atoms with Crippen LogP contribution in [0.5, 0.6) is 0 Å². The Morgan fingerprint density at radius 1 is 1.33 bits per heavy atom. The maximum absolute atomic E-state index is 12.9. The summed E-state index contributed by atoms with van der Waals surface area (Å²) in [5.74, 6) is 0.410. The second kappa shape index (κ2) is 4.48. The number of aromatic nitrogens is 2. The van der Waals surface area contributed by atoms with E-state index in [1.54, 1.807) is 12.1 Å². The van der Waals surface area contributed by atoms with Gasteiger partial charge in [0.05, 0.1) is 5.69 Å². The van der Waals surface area contributed by atoms with Crippen molar-refractivity contribution < 1.29 is 9.50 Å². The second-order valence-corrected chi connectivity index (χ2v) is 5.17. The summed E-state index contributed by atoms with van der Waals surface area (Å²) in [6.45, 7) is 0. The molecule has 1 aromatic heterocycles. The first kappa shape index (κ1) is 11.9. The van der Waals surface area contributed by atoms with Crippen LogP contribution in [0.15, 0.2) is 28.9 Å². The molecule has 0 bridgehead atoms. The summed E-state index contributed by atoms with van der Waals surface area (Å²) in [5.41, 5.74) is 1.82. The number of hydrogen-bond donors (Lipinski definition) is 1. The fourth-order valence-corrected chi connectivity index (χ4v) is 2.92. The van der Waals surface area contributed by atoms with E-state index in [0.29, 0.717) is 5.82 Å². The molecular weight excluding hydrogens is 299 g/mol. The van der Waals surface area contributed by atoms with Crippen molar-refractivity contribution in [2.45, 2.75) is 25.5 Å². The lowest BCUT2D eigenvalue weighted by atomic mass is 10.1. The van der Waals surface area contributed by atoms with Crippen molar-refractivity contribution in [2.75, 3.05) is 0 Å². The normalized spacial score (nSPS) is 18.7. The smallest absolute Gasteiger partial charge is 0.143 e. The van der Waals surface area contributed by atoms with Crippen LogP contribution in [0.25, 0.3) is 11.4 Å². The number of fused-ring (bicyclic) bond motifs is 1. The Kier molecular flexibility index (Phi) is 2.95. The number of aliphatic hydroxyl groups excluding tert-OH is 1. The Labute approximate surface area is 112 Å². The van der Waals surface area contributed by atoms with Crippen molar-refractivity contribution in [2.24, 2.45) is 0 Å². The van der Waals surface area contributed by atoms with E-state index in [1.807, 2.05) is 4.57 Å². The molecule has 0 saturated heterocycles. The Balaban J connectivity index is 2.15. The van der Waals surface area contributed by atoms with Crippen molar-refractivity contribution in [3.63, 3.8) is 0 Å². The third kappa shape index (κ3) is 1.87. The Hall–Kier alpha value is -1.20. The zero-order valence-electron chi connectivity index (χ0n) is 9.61. The average molecular weight is 311 g/mol. The monoisotopic (exact) mass is 310 g/mol. The highest BCUT2D eigenvalue weighted by molar-refractivity contribution is 9.10. The molecule has 0 spiro atoms. The fraction of sp³-hybridized carbons (Fsp3) is 0.308. The maximum Gasteiger partial charge on any atom is 0.143 e. The lowest BCUT2D eigenvalue weighted by Gasteiger charge is -2.23. The van der Waals surface area contributed by atoms with Gasteiger partial charge in [0, 0.05) is 5.56 Å². The minimum absolute atomic E-state index is 0.274. The molecule has 2 aromatic rings. The molecule has 1 atom stereocenters. The Morgan fingerprint density at radius 2 is 2.06 bits per heavy atom. The fourth-order valence-electron chi connectivity index (χ4n) is 2.37. The van der Waals surface area contributed by atoms with Crippen LogP contribution >= 0.6 is 15.9 Å². The van der Waals surface area contributed by atoms with E-state index in [0.717, 1.165) is 35.1 Å². The predicted octanol–water partition coefficient (Wildman–Crippen LogP) is 3.28. The molecule has 1 aliphatic rings. The molecule has 0 aliphatic carbocycles. The van der Waals surface area contributed by atoms with Gasteiger partial charge in [-0.25, -0.2) is 9.37 Å². The van der Waals surface area contributed by atoms with Gasteiger partial charge < -0.3 is 9.67 Å². The molecule has 1 aliphatic heterocycles. The third-order valence-electron chi connectivity index (χ3n) is 3.24. The molecule has 3 rings (SSSR count). The minimum atomic E-state index is -0.549. The van der Waals surface area contributed by atoms with E-state index in [1.165, 1.54) is 12.1 Å². The Bertz CT molecular complexity index is 579. The van der Waals surface area contributed by atoms with Crippen LogP contribution in [0.2, 0.25) is 0 Å². The zero-order valence-corrected chi connectivity index (χ0v) is 11.2. The standard InChI is InChI=1S/C13H12BrFN2O/c14-12-10-2-1-3-11(18)17(10)13(16-12)8-4-6-9(15)7-5-8/h4-7,11,18H,1-3H2. The number of aliphatic hydroxyl groups is 1. The first-order chi connectivity index (χ1) is 8.66. The van der Waals surface area contributed by atoms with Crippen molar-refractivity contribution in [1.29, 1.82) is 0 Å². The summed E-state index contributed by atoms with van der Waals surface area (Å²) in [7, 11) is 0. The van der Waals surface area contributed by atoms with Gasteiger partial charge in [-0.2, -0.15) is 0 Å². The molecule has 1 unspecified atom stereocenters. The van der Waals surface area contributed by atoms with Crippen LogP contribution < -0.4 is 0 Å². The van der Waals surface area contributed by atoms with Crippen LogP contribution in [0.3, 0.4) is 0 Å². The summed E-state index contributed by atoms with van der Waals surface area (Å²) in [4.78, 5) is 4.44. The lowest BCUT2D eigenvalue weighted by Crippen LogP contribution is -2.17. The van der Waals surface area contributed by atoms with Gasteiger partial charge in [-0.3, -0.25) is 0 Å². The minimum Gasteiger partial charge on any atom is -0.373 e. The number of rotatable bonds is 1. The number of imidazole rings is 1. The highest BCUT2D eigenvalue weighted by Gasteiger charge is 2.25. The van der Waals surface area contributed by atoms with Gasteiger partial charge in [0.2, 0.25) is 0 Å². The van der Waals surface area contributed by atoms with E-state index >= 15 is 0 Å². The second-order valence-electron chi connectivity index (χ2n) is 4.42. The highest BCUT2D eigenvalue weighted by atomic mass is 79.9. The number of halogens is 2. The summed E-state index contributed by atoms with van der Waals surface area (Å²) in [5, 5.41) is 10.1. The third-order valence-corrected chi connectivity index (χ3v) is 3.87. The van der Waals surface area contributed by atoms with Crippen LogP contribution in [0.1, 0.15) is 24.8 Å². The number of nitrogens with zero attached hydrogens (tertiary/aromatic N) is 2. The molecule has 0 radical (unpaired) electrons. The summed E-state index contributed by atoms with van der Waals surface area (Å²) >= 11 is 3.42. The van der Waals surface area contributed by atoms with Gasteiger partial charge in [0.15, 0.2) is 0 Å². The molecule has 2 heterocycles. The maximum atomic E-state index is 12.9. The van der Waals surface area contributed by atoms with E-state index in [9.17, 15) is 9.50 Å². The molecule has 1 N–H and O–H groups in total. The first-order valence-electron chi connectivity index (χ1n) is 5.87. The topological polar surface area (TPSA) is 38.1 Å². The summed E-state index contributed by atoms with van der Waals surface area (Å²) in [6, 6.07) is 6.16. The van der Waals surface area contributed by atoms with E-state index in [2.05, 4.69) is 20.9 Å². The van der Waals surface area contributed by atoms with Crippen molar-refractivity contribution in [1.82, 2.24) is 9.55 Å². The molecule has 94 valence electrons. The lowest BCUT2D eigenvalue weighted by molar-refractivity contribution is 0.0805. The largest absolute Gasteiger partial charge is 0.373 e. The molecule has 3 nitrogen and oxygen atoms in total. The molecule has 1 aromatic carbocycles. The van der Waals surface area contributed by atoms with Gasteiger partial charge >= 0.3 is 0 Å². The van der Waals surface area contributed by atoms with Gasteiger partial charge in [-0.15, -0.1) is 0 Å².